The van der Waals surface area contributed by atoms with Gasteiger partial charge < -0.3 is 15.6 Å². The highest BCUT2D eigenvalue weighted by atomic mass is 16.5. The molecule has 0 saturated heterocycles. The van der Waals surface area contributed by atoms with Crippen molar-refractivity contribution in [2.75, 3.05) is 7.11 Å². The van der Waals surface area contributed by atoms with Crippen LogP contribution in [0.1, 0.15) is 25.7 Å². The summed E-state index contributed by atoms with van der Waals surface area (Å²) in [4.78, 5) is 11.1. The van der Waals surface area contributed by atoms with Gasteiger partial charge in [0.05, 0.1) is 13.2 Å². The van der Waals surface area contributed by atoms with Crippen LogP contribution in [0.4, 0.5) is 0 Å². The largest absolute Gasteiger partial charge is 0.468 e. The van der Waals surface area contributed by atoms with E-state index in [1.165, 1.54) is 7.11 Å². The Labute approximate surface area is 78.1 Å². The second kappa shape index (κ2) is 4.58. The average molecular weight is 187 g/mol. The van der Waals surface area contributed by atoms with Gasteiger partial charge in [-0.15, -0.1) is 0 Å². The fourth-order valence-corrected chi connectivity index (χ4v) is 1.86. The lowest BCUT2D eigenvalue weighted by atomic mass is 9.83. The van der Waals surface area contributed by atoms with E-state index in [0.717, 1.165) is 19.3 Å². The lowest BCUT2D eigenvalue weighted by Crippen LogP contribution is -2.41. The first-order valence-electron chi connectivity index (χ1n) is 4.66. The van der Waals surface area contributed by atoms with Gasteiger partial charge in [0, 0.05) is 0 Å². The number of ether oxygens (including phenoxy) is 1. The lowest BCUT2D eigenvalue weighted by Gasteiger charge is -2.28. The molecule has 3 atom stereocenters. The fraction of sp³-hybridized carbons (Fsp3) is 0.889. The Morgan fingerprint density at radius 1 is 1.62 bits per heavy atom. The molecule has 0 aromatic carbocycles. The molecule has 1 rings (SSSR count). The molecule has 3 N–H and O–H groups in total. The first kappa shape index (κ1) is 10.5. The Bertz CT molecular complexity index is 184. The number of hydrogen-bond acceptors (Lipinski definition) is 4. The summed E-state index contributed by atoms with van der Waals surface area (Å²) in [5.41, 5.74) is 5.68. The Hall–Kier alpha value is -0.610. The van der Waals surface area contributed by atoms with Gasteiger partial charge in [-0.3, -0.25) is 4.79 Å². The zero-order valence-corrected chi connectivity index (χ0v) is 7.90. The second-order valence-corrected chi connectivity index (χ2v) is 3.63. The summed E-state index contributed by atoms with van der Waals surface area (Å²) in [6.45, 7) is 0. The molecular formula is C9H17NO3. The molecule has 4 nitrogen and oxygen atoms in total. The molecule has 0 amide bonds. The predicted octanol–water partition coefficient (Wildman–Crippen LogP) is 0.0378. The topological polar surface area (TPSA) is 72.5 Å². The first-order valence-corrected chi connectivity index (χ1v) is 4.66. The minimum atomic E-state index is -0.569. The maximum Gasteiger partial charge on any atom is 0.322 e. The van der Waals surface area contributed by atoms with Crippen molar-refractivity contribution < 1.29 is 14.6 Å². The third-order valence-corrected chi connectivity index (χ3v) is 2.67. The Morgan fingerprint density at radius 3 is 2.85 bits per heavy atom. The maximum absolute atomic E-state index is 11.1. The third-order valence-electron chi connectivity index (χ3n) is 2.67. The van der Waals surface area contributed by atoms with Gasteiger partial charge in [0.1, 0.15) is 6.04 Å². The molecule has 0 aromatic rings. The molecule has 1 aliphatic rings. The molecule has 1 fully saturated rings. The maximum atomic E-state index is 11.1. The molecular weight excluding hydrogens is 170 g/mol. The third kappa shape index (κ3) is 2.67. The minimum absolute atomic E-state index is 0.0798. The normalized spacial score (nSPS) is 31.0. The zero-order valence-electron chi connectivity index (χ0n) is 7.90. The van der Waals surface area contributed by atoms with Crippen molar-refractivity contribution in [1.29, 1.82) is 0 Å². The highest BCUT2D eigenvalue weighted by Gasteiger charge is 2.29. The molecule has 0 heterocycles. The van der Waals surface area contributed by atoms with Crippen LogP contribution in [0.15, 0.2) is 0 Å². The van der Waals surface area contributed by atoms with E-state index in [4.69, 9.17) is 5.73 Å². The van der Waals surface area contributed by atoms with Crippen LogP contribution in [-0.2, 0) is 9.53 Å². The van der Waals surface area contributed by atoms with Gasteiger partial charge in [-0.1, -0.05) is 6.42 Å². The first-order chi connectivity index (χ1) is 6.15. The van der Waals surface area contributed by atoms with E-state index in [1.807, 2.05) is 0 Å². The van der Waals surface area contributed by atoms with Crippen LogP contribution in [0.2, 0.25) is 0 Å². The van der Waals surface area contributed by atoms with Gasteiger partial charge >= 0.3 is 5.97 Å². The molecule has 0 radical (unpaired) electrons. The molecule has 0 bridgehead atoms. The van der Waals surface area contributed by atoms with Crippen LogP contribution >= 0.6 is 0 Å². The van der Waals surface area contributed by atoms with Crippen molar-refractivity contribution in [1.82, 2.24) is 0 Å². The summed E-state index contributed by atoms with van der Waals surface area (Å²) in [7, 11) is 1.33. The van der Waals surface area contributed by atoms with Crippen LogP contribution in [0, 0.1) is 5.92 Å². The van der Waals surface area contributed by atoms with E-state index in [2.05, 4.69) is 4.74 Å². The van der Waals surface area contributed by atoms with Gasteiger partial charge in [0.25, 0.3) is 0 Å². The summed E-state index contributed by atoms with van der Waals surface area (Å²) in [5.74, 6) is -0.296. The van der Waals surface area contributed by atoms with Crippen LogP contribution in [0.5, 0.6) is 0 Å². The molecule has 0 aromatic heterocycles. The van der Waals surface area contributed by atoms with Crippen molar-refractivity contribution in [3.8, 4) is 0 Å². The average Bonchev–Trinajstić information content (AvgIpc) is 2.15. The smallest absolute Gasteiger partial charge is 0.322 e. The van der Waals surface area contributed by atoms with Crippen LogP contribution in [-0.4, -0.2) is 30.3 Å². The Balaban J connectivity index is 2.45. The van der Waals surface area contributed by atoms with E-state index in [9.17, 15) is 9.90 Å². The number of aliphatic hydroxyl groups excluding tert-OH is 1. The minimum Gasteiger partial charge on any atom is -0.468 e. The SMILES string of the molecule is COC(=O)C(N)C1CCCC(O)C1. The van der Waals surface area contributed by atoms with Crippen molar-refractivity contribution in [2.24, 2.45) is 11.7 Å². The van der Waals surface area contributed by atoms with Gasteiger partial charge in [-0.05, 0) is 25.2 Å². The van der Waals surface area contributed by atoms with Crippen LogP contribution in [0.3, 0.4) is 0 Å². The van der Waals surface area contributed by atoms with Gasteiger partial charge in [0.2, 0.25) is 0 Å². The standard InChI is InChI=1S/C9H17NO3/c1-13-9(12)8(10)6-3-2-4-7(11)5-6/h6-8,11H,2-5,10H2,1H3. The lowest BCUT2D eigenvalue weighted by molar-refractivity contribution is -0.144. The highest BCUT2D eigenvalue weighted by molar-refractivity contribution is 5.75. The van der Waals surface area contributed by atoms with E-state index in [0.29, 0.717) is 6.42 Å². The number of esters is 1. The second-order valence-electron chi connectivity index (χ2n) is 3.63. The summed E-state index contributed by atoms with van der Waals surface area (Å²) >= 11 is 0. The van der Waals surface area contributed by atoms with E-state index in [1.54, 1.807) is 0 Å². The molecule has 13 heavy (non-hydrogen) atoms. The number of aliphatic hydroxyl groups is 1. The van der Waals surface area contributed by atoms with Crippen molar-refractivity contribution >= 4 is 5.97 Å². The Morgan fingerprint density at radius 2 is 2.31 bits per heavy atom. The van der Waals surface area contributed by atoms with Crippen molar-refractivity contribution in [2.45, 2.75) is 37.8 Å². The molecule has 0 spiro atoms. The zero-order chi connectivity index (χ0) is 9.84. The van der Waals surface area contributed by atoms with E-state index < -0.39 is 6.04 Å². The predicted molar refractivity (Wildman–Crippen MR) is 48.0 cm³/mol. The highest BCUT2D eigenvalue weighted by Crippen LogP contribution is 2.26. The van der Waals surface area contributed by atoms with E-state index >= 15 is 0 Å². The summed E-state index contributed by atoms with van der Waals surface area (Å²) in [6.07, 6.45) is 3.00. The van der Waals surface area contributed by atoms with Crippen molar-refractivity contribution in [3.63, 3.8) is 0 Å². The van der Waals surface area contributed by atoms with Gasteiger partial charge in [-0.25, -0.2) is 0 Å². The van der Waals surface area contributed by atoms with Crippen molar-refractivity contribution in [3.05, 3.63) is 0 Å². The van der Waals surface area contributed by atoms with Gasteiger partial charge in [-0.2, -0.15) is 0 Å². The number of carbonyl (C=O) groups is 1. The molecule has 0 aliphatic heterocycles. The molecule has 4 heteroatoms. The quantitative estimate of drug-likeness (QED) is 0.598. The fourth-order valence-electron chi connectivity index (χ4n) is 1.86. The number of methoxy groups -OCH3 is 1. The van der Waals surface area contributed by atoms with Gasteiger partial charge in [0.15, 0.2) is 0 Å². The monoisotopic (exact) mass is 187 g/mol. The molecule has 3 unspecified atom stereocenters. The summed E-state index contributed by atoms with van der Waals surface area (Å²) < 4.78 is 4.55. The van der Waals surface area contributed by atoms with Crippen LogP contribution < -0.4 is 5.73 Å². The summed E-state index contributed by atoms with van der Waals surface area (Å²) in [6, 6.07) is -0.569. The number of hydrogen-bond donors (Lipinski definition) is 2. The summed E-state index contributed by atoms with van der Waals surface area (Å²) in [5, 5.41) is 9.38. The number of nitrogens with two attached hydrogens (primary N) is 1. The molecule has 1 saturated carbocycles. The number of carbonyl (C=O) groups excluding carboxylic acids is 1. The van der Waals surface area contributed by atoms with Crippen LogP contribution in [0.25, 0.3) is 0 Å². The number of rotatable bonds is 2. The van der Waals surface area contributed by atoms with E-state index in [-0.39, 0.29) is 18.0 Å². The Kier molecular flexibility index (Phi) is 3.69. The molecule has 76 valence electrons. The molecule has 1 aliphatic carbocycles.